The second-order valence-electron chi connectivity index (χ2n) is 11.9. The number of esters is 2. The third-order valence-corrected chi connectivity index (χ3v) is 9.05. The van der Waals surface area contributed by atoms with Gasteiger partial charge in [-0.3, -0.25) is 0 Å². The van der Waals surface area contributed by atoms with Crippen LogP contribution >= 0.6 is 0 Å². The van der Waals surface area contributed by atoms with E-state index in [0.717, 1.165) is 61.4 Å². The van der Waals surface area contributed by atoms with Gasteiger partial charge in [-0.2, -0.15) is 0 Å². The number of hydrogen-bond acceptors (Lipinski definition) is 6. The Kier molecular flexibility index (Phi) is 11.7. The molecule has 0 aliphatic heterocycles. The molecule has 1 aliphatic rings. The van der Waals surface area contributed by atoms with E-state index in [1.807, 2.05) is 49.4 Å². The first-order valence-corrected chi connectivity index (χ1v) is 16.5. The van der Waals surface area contributed by atoms with Crippen LogP contribution in [0.4, 0.5) is 0 Å². The molecule has 0 atom stereocenters. The molecule has 0 radical (unpaired) electrons. The fourth-order valence-electron chi connectivity index (χ4n) is 6.86. The van der Waals surface area contributed by atoms with E-state index in [1.54, 1.807) is 27.2 Å². The summed E-state index contributed by atoms with van der Waals surface area (Å²) in [5.74, 6) is 1.54. The number of fused-ring (bicyclic) bond motifs is 6. The number of methoxy groups -OCH3 is 2. The van der Waals surface area contributed by atoms with Crippen molar-refractivity contribution in [1.82, 2.24) is 9.55 Å². The van der Waals surface area contributed by atoms with Crippen molar-refractivity contribution in [2.24, 2.45) is 5.92 Å². The average Bonchev–Trinajstić information content (AvgIpc) is 3.72. The van der Waals surface area contributed by atoms with Crippen LogP contribution in [-0.2, 0) is 16.0 Å². The van der Waals surface area contributed by atoms with Gasteiger partial charge in [-0.1, -0.05) is 67.8 Å². The Bertz CT molecular complexity index is 2060. The normalized spacial score (nSPS) is 13.2. The molecule has 1 aliphatic carbocycles. The smallest absolute Gasteiger partial charge is 1.00 e. The molecule has 1 saturated carbocycles. The van der Waals surface area contributed by atoms with Crippen LogP contribution in [0.5, 0.6) is 11.5 Å². The van der Waals surface area contributed by atoms with Gasteiger partial charge in [-0.25, -0.2) is 9.59 Å². The Morgan fingerprint density at radius 3 is 1.98 bits per heavy atom. The second kappa shape index (κ2) is 15.9. The molecule has 246 valence electrons. The number of carbonyl (C=O) groups excluding carboxylic acids is 2. The summed E-state index contributed by atoms with van der Waals surface area (Å²) in [6.07, 6.45) is 6.34. The van der Waals surface area contributed by atoms with Crippen LogP contribution in [0, 0.1) is 5.92 Å². The molecule has 0 saturated heterocycles. The monoisotopic (exact) mass is 658 g/mol. The van der Waals surface area contributed by atoms with E-state index in [0.29, 0.717) is 30.5 Å². The van der Waals surface area contributed by atoms with Crippen LogP contribution in [0.2, 0.25) is 0 Å². The van der Waals surface area contributed by atoms with Gasteiger partial charge in [0.2, 0.25) is 0 Å². The van der Waals surface area contributed by atoms with Gasteiger partial charge >= 0.3 is 41.5 Å². The fraction of sp³-hybridized carbons (Fsp3) is 0.333. The summed E-state index contributed by atoms with van der Waals surface area (Å²) in [5, 5.41) is 6.26. The van der Waals surface area contributed by atoms with Crippen LogP contribution in [0.15, 0.2) is 72.8 Å². The van der Waals surface area contributed by atoms with E-state index in [2.05, 4.69) is 33.8 Å². The number of rotatable bonds is 8. The molecule has 4 aromatic carbocycles. The molecule has 2 aromatic heterocycles. The molecule has 8 nitrogen and oxygen atoms in total. The van der Waals surface area contributed by atoms with Crippen LogP contribution in [-0.4, -0.2) is 48.9 Å². The van der Waals surface area contributed by atoms with Crippen molar-refractivity contribution < 1.29 is 59.5 Å². The Hall–Kier alpha value is -3.98. The summed E-state index contributed by atoms with van der Waals surface area (Å²) in [7, 11) is 3.31. The van der Waals surface area contributed by atoms with Crippen molar-refractivity contribution in [1.29, 1.82) is 0 Å². The first kappa shape index (κ1) is 35.3. The maximum atomic E-state index is 12.7. The third kappa shape index (κ3) is 7.07. The zero-order chi connectivity index (χ0) is 32.9. The molecule has 7 rings (SSSR count). The predicted molar refractivity (Wildman–Crippen MR) is 188 cm³/mol. The molecule has 6 aromatic rings. The summed E-state index contributed by atoms with van der Waals surface area (Å²) in [6, 6.07) is 24.0. The quantitative estimate of drug-likeness (QED) is 0.155. The van der Waals surface area contributed by atoms with E-state index in [1.165, 1.54) is 32.1 Å². The van der Waals surface area contributed by atoms with Gasteiger partial charge < -0.3 is 29.9 Å². The molecule has 0 spiro atoms. The van der Waals surface area contributed by atoms with E-state index in [9.17, 15) is 9.59 Å². The van der Waals surface area contributed by atoms with Crippen LogP contribution in [0.3, 0.4) is 0 Å². The first-order valence-electron chi connectivity index (χ1n) is 16.5. The Balaban J connectivity index is 0.000000221. The number of nitrogens with one attached hydrogen (secondary N) is 1. The van der Waals surface area contributed by atoms with Gasteiger partial charge in [0.1, 0.15) is 22.9 Å². The fourth-order valence-corrected chi connectivity index (χ4v) is 6.86. The van der Waals surface area contributed by atoms with Crippen molar-refractivity contribution in [3.05, 3.63) is 84.2 Å². The van der Waals surface area contributed by atoms with Crippen LogP contribution in [0.1, 0.15) is 68.4 Å². The zero-order valence-corrected chi connectivity index (χ0v) is 30.6. The molecule has 0 amide bonds. The third-order valence-electron chi connectivity index (χ3n) is 9.05. The van der Waals surface area contributed by atoms with Crippen molar-refractivity contribution >= 4 is 55.3 Å². The van der Waals surface area contributed by atoms with E-state index >= 15 is 0 Å². The van der Waals surface area contributed by atoms with Crippen molar-refractivity contribution in [3.63, 3.8) is 0 Å². The van der Waals surface area contributed by atoms with Crippen LogP contribution < -0.4 is 39.0 Å². The summed E-state index contributed by atoms with van der Waals surface area (Å²) >= 11 is 0. The van der Waals surface area contributed by atoms with Gasteiger partial charge in [-0.05, 0) is 67.6 Å². The van der Waals surface area contributed by atoms with Crippen LogP contribution in [0.25, 0.3) is 43.4 Å². The van der Waals surface area contributed by atoms with Crippen molar-refractivity contribution in [2.75, 3.05) is 27.4 Å². The minimum absolute atomic E-state index is 0. The number of aromatic amines is 1. The number of ether oxygens (including phenoxy) is 4. The molecule has 9 heteroatoms. The van der Waals surface area contributed by atoms with E-state index < -0.39 is 0 Å². The number of H-pyrrole nitrogens is 1. The van der Waals surface area contributed by atoms with E-state index in [4.69, 9.17) is 18.9 Å². The summed E-state index contributed by atoms with van der Waals surface area (Å²) in [5.41, 5.74) is 3.05. The van der Waals surface area contributed by atoms with Gasteiger partial charge in [0, 0.05) is 28.1 Å². The number of nitrogens with zero attached hydrogens (tertiary/aromatic N) is 1. The molecule has 48 heavy (non-hydrogen) atoms. The van der Waals surface area contributed by atoms with Crippen molar-refractivity contribution in [3.8, 4) is 11.5 Å². The molecule has 2 heterocycles. The summed E-state index contributed by atoms with van der Waals surface area (Å²) in [4.78, 5) is 27.7. The van der Waals surface area contributed by atoms with Gasteiger partial charge in [-0.15, -0.1) is 0 Å². The average molecular weight is 659 g/mol. The van der Waals surface area contributed by atoms with Gasteiger partial charge in [0.25, 0.3) is 0 Å². The molecular weight excluding hydrogens is 615 g/mol. The Morgan fingerprint density at radius 2 is 1.33 bits per heavy atom. The van der Waals surface area contributed by atoms with Crippen molar-refractivity contribution in [2.45, 2.75) is 52.5 Å². The Labute approximate surface area is 304 Å². The van der Waals surface area contributed by atoms with Gasteiger partial charge in [0.15, 0.2) is 0 Å². The number of aromatic nitrogens is 2. The maximum absolute atomic E-state index is 12.7. The topological polar surface area (TPSA) is 91.8 Å². The molecular formula is C39H43N2NaO6. The van der Waals surface area contributed by atoms with E-state index in [-0.39, 0.29) is 42.9 Å². The molecule has 1 fully saturated rings. The standard InChI is InChI=1S/C23H27NO3.C16H15NO3.Na.H/c1-3-27-23(25)20-14-19-21(26-2)13-17-11-7-8-12-18(17)22(19)24(20)15-16-9-5-4-6-10-16;1-3-20-16(18)13-9-12-14(19-2)8-10-6-4-5-7-11(10)15(12)17-13;;/h7-8,11-14,16H,3-6,9-10,15H2,1-2H3;4-9,17H,3H2,1-2H3;;/q;;+1;-1. The SMILES string of the molecule is CCOC(=O)c1cc2c(OC)cc3ccccc3c2[nH]1.CCOC(=O)c1cc2c(OC)cc3ccccc3c2n1CC1CCCCC1.[H-].[Na+]. The number of benzene rings is 4. The van der Waals surface area contributed by atoms with Gasteiger partial charge in [0.05, 0.1) is 38.5 Å². The summed E-state index contributed by atoms with van der Waals surface area (Å²) in [6.45, 7) is 5.22. The molecule has 0 unspecified atom stereocenters. The zero-order valence-electron chi connectivity index (χ0n) is 29.6. The minimum atomic E-state index is -0.352. The second-order valence-corrected chi connectivity index (χ2v) is 11.9. The largest absolute Gasteiger partial charge is 1.00 e. The predicted octanol–water partition coefficient (Wildman–Crippen LogP) is 6.18. The molecule has 0 bridgehead atoms. The Morgan fingerprint density at radius 1 is 0.750 bits per heavy atom. The number of hydrogen-bond donors (Lipinski definition) is 1. The maximum Gasteiger partial charge on any atom is 1.00 e. The minimum Gasteiger partial charge on any atom is -1.00 e. The molecule has 1 N–H and O–H groups in total. The first-order chi connectivity index (χ1) is 23.0. The number of carbonyl (C=O) groups is 2. The summed E-state index contributed by atoms with van der Waals surface area (Å²) < 4.78 is 23.7.